The Balaban J connectivity index is 1.73. The quantitative estimate of drug-likeness (QED) is 0.786. The summed E-state index contributed by atoms with van der Waals surface area (Å²) in [5.74, 6) is 0.538. The molecule has 138 valence electrons. The van der Waals surface area contributed by atoms with Gasteiger partial charge in [0.2, 0.25) is 5.95 Å². The Morgan fingerprint density at radius 3 is 2.65 bits per heavy atom. The molecular weight excluding hydrogens is 338 g/mol. The van der Waals surface area contributed by atoms with Crippen LogP contribution in [0.15, 0.2) is 16.9 Å². The molecule has 0 aromatic carbocycles. The zero-order valence-corrected chi connectivity index (χ0v) is 14.8. The molecule has 10 nitrogen and oxygen atoms in total. The van der Waals surface area contributed by atoms with Gasteiger partial charge in [-0.2, -0.15) is 20.1 Å². The van der Waals surface area contributed by atoms with Crippen LogP contribution in [-0.2, 0) is 13.6 Å². The molecule has 0 unspecified atom stereocenters. The van der Waals surface area contributed by atoms with Gasteiger partial charge >= 0.3 is 6.01 Å². The summed E-state index contributed by atoms with van der Waals surface area (Å²) in [7, 11) is 2.98. The summed E-state index contributed by atoms with van der Waals surface area (Å²) < 4.78 is 6.26. The fraction of sp³-hybridized carbons (Fsp3) is 0.500. The van der Waals surface area contributed by atoms with Crippen molar-refractivity contribution in [2.75, 3.05) is 25.1 Å². The number of nitrogens with zero attached hydrogens (tertiary/aromatic N) is 6. The third-order valence-electron chi connectivity index (χ3n) is 4.07. The lowest BCUT2D eigenvalue weighted by Crippen LogP contribution is -2.32. The monoisotopic (exact) mass is 359 g/mol. The molecule has 1 N–H and O–H groups in total. The predicted molar refractivity (Wildman–Crippen MR) is 93.1 cm³/mol. The van der Waals surface area contributed by atoms with E-state index in [-0.39, 0.29) is 23.8 Å². The van der Waals surface area contributed by atoms with Crippen LogP contribution in [-0.4, -0.2) is 50.8 Å². The molecule has 1 aliphatic rings. The van der Waals surface area contributed by atoms with E-state index in [4.69, 9.17) is 4.74 Å². The molecule has 0 radical (unpaired) electrons. The smallest absolute Gasteiger partial charge is 0.321 e. The molecule has 0 spiro atoms. The van der Waals surface area contributed by atoms with Crippen molar-refractivity contribution in [1.29, 1.82) is 0 Å². The number of anilines is 1. The molecule has 0 saturated carbocycles. The third-order valence-corrected chi connectivity index (χ3v) is 4.07. The molecule has 1 aliphatic heterocycles. The van der Waals surface area contributed by atoms with Crippen molar-refractivity contribution >= 4 is 11.9 Å². The Hall–Kier alpha value is -3.04. The van der Waals surface area contributed by atoms with Crippen molar-refractivity contribution in [2.24, 2.45) is 7.05 Å². The van der Waals surface area contributed by atoms with Crippen molar-refractivity contribution in [3.05, 3.63) is 34.0 Å². The van der Waals surface area contributed by atoms with E-state index in [1.54, 1.807) is 0 Å². The lowest BCUT2D eigenvalue weighted by atomic mass is 10.1. The first-order valence-electron chi connectivity index (χ1n) is 8.43. The molecule has 1 amide bonds. The fourth-order valence-electron chi connectivity index (χ4n) is 2.67. The maximum absolute atomic E-state index is 12.2. The Labute approximate surface area is 150 Å². The van der Waals surface area contributed by atoms with Crippen LogP contribution < -0.4 is 20.5 Å². The highest BCUT2D eigenvalue weighted by Crippen LogP contribution is 2.17. The van der Waals surface area contributed by atoms with Crippen LogP contribution in [0.4, 0.5) is 5.95 Å². The van der Waals surface area contributed by atoms with Crippen molar-refractivity contribution in [1.82, 2.24) is 30.0 Å². The minimum atomic E-state index is -0.417. The second kappa shape index (κ2) is 7.89. The van der Waals surface area contributed by atoms with Crippen molar-refractivity contribution in [3.63, 3.8) is 0 Å². The third kappa shape index (κ3) is 4.13. The number of carbonyl (C=O) groups excluding carboxylic acids is 1. The van der Waals surface area contributed by atoms with E-state index in [0.29, 0.717) is 11.8 Å². The number of nitrogens with one attached hydrogen (secondary N) is 1. The van der Waals surface area contributed by atoms with E-state index in [2.05, 4.69) is 30.3 Å². The lowest BCUT2D eigenvalue weighted by molar-refractivity contribution is 0.0942. The van der Waals surface area contributed by atoms with Gasteiger partial charge in [0.05, 0.1) is 13.7 Å². The van der Waals surface area contributed by atoms with Crippen molar-refractivity contribution in [3.8, 4) is 6.01 Å². The Morgan fingerprint density at radius 2 is 1.96 bits per heavy atom. The molecule has 0 atom stereocenters. The van der Waals surface area contributed by atoms with Gasteiger partial charge in [0.1, 0.15) is 5.69 Å². The highest BCUT2D eigenvalue weighted by atomic mass is 16.5. The Morgan fingerprint density at radius 1 is 1.19 bits per heavy atom. The number of hydrogen-bond acceptors (Lipinski definition) is 8. The standard InChI is InChI=1S/C16H21N7O3/c1-22-13(24)7-6-11(21-22)14(25)17-10-12-18-15(20-16(19-12)26-2)23-8-4-3-5-9-23/h6-7H,3-5,8-10H2,1-2H3,(H,17,25). The SMILES string of the molecule is COc1nc(CNC(=O)c2ccc(=O)n(C)n2)nc(N2CCCCC2)n1. The minimum Gasteiger partial charge on any atom is -0.467 e. The molecular formula is C16H21N7O3. The maximum Gasteiger partial charge on any atom is 0.321 e. The molecule has 26 heavy (non-hydrogen) atoms. The number of carbonyl (C=O) groups is 1. The second-order valence-electron chi connectivity index (χ2n) is 5.95. The normalized spacial score (nSPS) is 14.2. The Kier molecular flexibility index (Phi) is 5.40. The molecule has 3 heterocycles. The summed E-state index contributed by atoms with van der Waals surface area (Å²) in [5.41, 5.74) is -0.140. The van der Waals surface area contributed by atoms with Crippen LogP contribution in [0.2, 0.25) is 0 Å². The average Bonchev–Trinajstić information content (AvgIpc) is 2.68. The summed E-state index contributed by atoms with van der Waals surface area (Å²) in [6.45, 7) is 1.88. The number of methoxy groups -OCH3 is 1. The van der Waals surface area contributed by atoms with E-state index in [1.165, 1.54) is 32.7 Å². The summed E-state index contributed by atoms with van der Waals surface area (Å²) in [4.78, 5) is 38.6. The maximum atomic E-state index is 12.2. The van der Waals surface area contributed by atoms with E-state index >= 15 is 0 Å². The van der Waals surface area contributed by atoms with Crippen molar-refractivity contribution < 1.29 is 9.53 Å². The lowest BCUT2D eigenvalue weighted by Gasteiger charge is -2.26. The molecule has 2 aromatic rings. The van der Waals surface area contributed by atoms with Crippen molar-refractivity contribution in [2.45, 2.75) is 25.8 Å². The first-order chi connectivity index (χ1) is 12.6. The highest BCUT2D eigenvalue weighted by Gasteiger charge is 2.17. The van der Waals surface area contributed by atoms with E-state index in [0.717, 1.165) is 30.6 Å². The van der Waals surface area contributed by atoms with Crippen LogP contribution in [0.1, 0.15) is 35.6 Å². The van der Waals surface area contributed by atoms with Crippen LogP contribution in [0.5, 0.6) is 6.01 Å². The average molecular weight is 359 g/mol. The fourth-order valence-corrected chi connectivity index (χ4v) is 2.67. The van der Waals surface area contributed by atoms with Gasteiger partial charge in [0, 0.05) is 26.2 Å². The first-order valence-corrected chi connectivity index (χ1v) is 8.43. The van der Waals surface area contributed by atoms with E-state index in [9.17, 15) is 9.59 Å². The molecule has 3 rings (SSSR count). The first kappa shape index (κ1) is 17.8. The molecule has 1 saturated heterocycles. The molecule has 1 fully saturated rings. The summed E-state index contributed by atoms with van der Waals surface area (Å²) >= 11 is 0. The van der Waals surface area contributed by atoms with Gasteiger partial charge in [0.25, 0.3) is 11.5 Å². The number of aromatic nitrogens is 5. The van der Waals surface area contributed by atoms with Gasteiger partial charge in [-0.1, -0.05) is 0 Å². The van der Waals surface area contributed by atoms with Gasteiger partial charge < -0.3 is 15.0 Å². The van der Waals surface area contributed by atoms with Crippen LogP contribution >= 0.6 is 0 Å². The minimum absolute atomic E-state index is 0.100. The van der Waals surface area contributed by atoms with Crippen LogP contribution in [0.3, 0.4) is 0 Å². The molecule has 0 bridgehead atoms. The molecule has 0 aliphatic carbocycles. The zero-order valence-electron chi connectivity index (χ0n) is 14.8. The van der Waals surface area contributed by atoms with Gasteiger partial charge in [-0.05, 0) is 25.3 Å². The van der Waals surface area contributed by atoms with Gasteiger partial charge in [0.15, 0.2) is 5.82 Å². The second-order valence-corrected chi connectivity index (χ2v) is 5.95. The van der Waals surface area contributed by atoms with Gasteiger partial charge in [-0.3, -0.25) is 9.59 Å². The van der Waals surface area contributed by atoms with Gasteiger partial charge in [-0.15, -0.1) is 0 Å². The Bertz CT molecular complexity index is 846. The van der Waals surface area contributed by atoms with Gasteiger partial charge in [-0.25, -0.2) is 4.68 Å². The number of ether oxygens (including phenoxy) is 1. The summed E-state index contributed by atoms with van der Waals surface area (Å²) in [6, 6.07) is 2.89. The number of aryl methyl sites for hydroxylation is 1. The van der Waals surface area contributed by atoms with Crippen LogP contribution in [0, 0.1) is 0 Å². The topological polar surface area (TPSA) is 115 Å². The number of piperidine rings is 1. The molecule has 10 heteroatoms. The summed E-state index contributed by atoms with van der Waals surface area (Å²) in [6.07, 6.45) is 3.39. The largest absolute Gasteiger partial charge is 0.467 e. The number of hydrogen-bond donors (Lipinski definition) is 1. The van der Waals surface area contributed by atoms with E-state index < -0.39 is 5.91 Å². The molecule has 2 aromatic heterocycles. The predicted octanol–water partition coefficient (Wildman–Crippen LogP) is -0.106. The van der Waals surface area contributed by atoms with Crippen LogP contribution in [0.25, 0.3) is 0 Å². The number of amides is 1. The number of rotatable bonds is 5. The van der Waals surface area contributed by atoms with E-state index in [1.807, 2.05) is 0 Å². The highest BCUT2D eigenvalue weighted by molar-refractivity contribution is 5.91. The zero-order chi connectivity index (χ0) is 18.5. The summed E-state index contributed by atoms with van der Waals surface area (Å²) in [5, 5.41) is 6.62.